The highest BCUT2D eigenvalue weighted by Crippen LogP contribution is 2.30. The van der Waals surface area contributed by atoms with Crippen LogP contribution in [0.3, 0.4) is 0 Å². The van der Waals surface area contributed by atoms with Gasteiger partial charge in [-0.25, -0.2) is 0 Å². The molecule has 0 aromatic heterocycles. The van der Waals surface area contributed by atoms with Crippen molar-refractivity contribution in [1.82, 2.24) is 5.32 Å². The molecule has 0 bridgehead atoms. The summed E-state index contributed by atoms with van der Waals surface area (Å²) in [6, 6.07) is 6.22. The van der Waals surface area contributed by atoms with Crippen molar-refractivity contribution in [2.45, 2.75) is 46.6 Å². The molecule has 1 aromatic carbocycles. The molecule has 1 aromatic rings. The molecule has 102 valence electrons. The fourth-order valence-electron chi connectivity index (χ4n) is 1.98. The van der Waals surface area contributed by atoms with Crippen LogP contribution in [0.1, 0.15) is 39.7 Å². The van der Waals surface area contributed by atoms with Crippen LogP contribution < -0.4 is 5.32 Å². The lowest BCUT2D eigenvalue weighted by molar-refractivity contribution is 0.320. The van der Waals surface area contributed by atoms with E-state index in [1.807, 2.05) is 18.2 Å². The summed E-state index contributed by atoms with van der Waals surface area (Å²) in [5.41, 5.74) is 1.36. The van der Waals surface area contributed by atoms with Crippen molar-refractivity contribution in [3.05, 3.63) is 33.8 Å². The van der Waals surface area contributed by atoms with Crippen molar-refractivity contribution in [3.8, 4) is 0 Å². The third-order valence-electron chi connectivity index (χ3n) is 3.03. The number of hydrogen-bond acceptors (Lipinski definition) is 1. The van der Waals surface area contributed by atoms with E-state index in [1.165, 1.54) is 0 Å². The van der Waals surface area contributed by atoms with Gasteiger partial charge >= 0.3 is 0 Å². The topological polar surface area (TPSA) is 12.0 Å². The summed E-state index contributed by atoms with van der Waals surface area (Å²) in [7, 11) is 0. The van der Waals surface area contributed by atoms with E-state index in [2.05, 4.69) is 33.0 Å². The van der Waals surface area contributed by atoms with E-state index < -0.39 is 0 Å². The van der Waals surface area contributed by atoms with Crippen LogP contribution in [0, 0.1) is 5.41 Å². The average Bonchev–Trinajstić information content (AvgIpc) is 2.22. The van der Waals surface area contributed by atoms with Gasteiger partial charge in [-0.05, 0) is 48.6 Å². The second kappa shape index (κ2) is 6.79. The van der Waals surface area contributed by atoms with Gasteiger partial charge in [0.05, 0.1) is 0 Å². The molecular weight excluding hydrogens is 265 g/mol. The lowest BCUT2D eigenvalue weighted by Crippen LogP contribution is -2.28. The lowest BCUT2D eigenvalue weighted by atomic mass is 9.82. The molecule has 0 heterocycles. The van der Waals surface area contributed by atoms with Gasteiger partial charge in [-0.1, -0.05) is 50.9 Å². The highest BCUT2D eigenvalue weighted by molar-refractivity contribution is 6.33. The molecule has 0 saturated heterocycles. The van der Waals surface area contributed by atoms with Gasteiger partial charge in [0.15, 0.2) is 0 Å². The molecule has 3 heteroatoms. The maximum Gasteiger partial charge on any atom is 0.0439 e. The van der Waals surface area contributed by atoms with E-state index in [9.17, 15) is 0 Å². The van der Waals surface area contributed by atoms with E-state index in [1.54, 1.807) is 0 Å². The highest BCUT2D eigenvalue weighted by Gasteiger charge is 2.19. The Kier molecular flexibility index (Phi) is 5.97. The van der Waals surface area contributed by atoms with E-state index >= 15 is 0 Å². The molecule has 0 aliphatic carbocycles. The van der Waals surface area contributed by atoms with Crippen molar-refractivity contribution in [2.75, 3.05) is 6.54 Å². The Morgan fingerprint density at radius 2 is 1.89 bits per heavy atom. The molecule has 0 spiro atoms. The minimum atomic E-state index is 0.218. The minimum absolute atomic E-state index is 0.218. The maximum absolute atomic E-state index is 6.21. The third kappa shape index (κ3) is 5.60. The summed E-state index contributed by atoms with van der Waals surface area (Å²) in [6.45, 7) is 9.91. The molecule has 0 amide bonds. The zero-order valence-corrected chi connectivity index (χ0v) is 13.2. The zero-order chi connectivity index (χ0) is 13.8. The van der Waals surface area contributed by atoms with Crippen LogP contribution in [0.25, 0.3) is 0 Å². The number of hydrogen-bond donors (Lipinski definition) is 1. The summed E-state index contributed by atoms with van der Waals surface area (Å²) in [5, 5.41) is 5.02. The summed E-state index contributed by atoms with van der Waals surface area (Å²) < 4.78 is 0. The van der Waals surface area contributed by atoms with E-state index in [4.69, 9.17) is 23.2 Å². The van der Waals surface area contributed by atoms with Crippen molar-refractivity contribution in [1.29, 1.82) is 0 Å². The molecule has 1 rings (SSSR count). The summed E-state index contributed by atoms with van der Waals surface area (Å²) in [4.78, 5) is 0. The van der Waals surface area contributed by atoms with Gasteiger partial charge < -0.3 is 5.32 Å². The van der Waals surface area contributed by atoms with Crippen LogP contribution in [0.2, 0.25) is 10.0 Å². The van der Waals surface area contributed by atoms with Crippen molar-refractivity contribution in [3.63, 3.8) is 0 Å². The highest BCUT2D eigenvalue weighted by atomic mass is 35.5. The summed E-state index contributed by atoms with van der Waals surface area (Å²) >= 11 is 12.2. The van der Waals surface area contributed by atoms with Gasteiger partial charge in [-0.2, -0.15) is 0 Å². The molecule has 1 nitrogen and oxygen atoms in total. The molecule has 0 aliphatic heterocycles. The van der Waals surface area contributed by atoms with Crippen molar-refractivity contribution in [2.24, 2.45) is 5.41 Å². The number of nitrogens with one attached hydrogen (secondary N) is 1. The molecule has 0 atom stereocenters. The Labute approximate surface area is 121 Å². The minimum Gasteiger partial charge on any atom is -0.315 e. The van der Waals surface area contributed by atoms with Gasteiger partial charge in [-0.15, -0.1) is 0 Å². The summed E-state index contributed by atoms with van der Waals surface area (Å²) in [6.07, 6.45) is 2.07. The third-order valence-corrected chi connectivity index (χ3v) is 3.63. The Bertz CT molecular complexity index is 386. The monoisotopic (exact) mass is 287 g/mol. The first kappa shape index (κ1) is 15.8. The first-order valence-corrected chi connectivity index (χ1v) is 7.23. The van der Waals surface area contributed by atoms with Crippen LogP contribution in [0.5, 0.6) is 0 Å². The Morgan fingerprint density at radius 3 is 2.50 bits per heavy atom. The number of benzene rings is 1. The fourth-order valence-corrected chi connectivity index (χ4v) is 2.36. The second-order valence-electron chi connectivity index (χ2n) is 5.94. The molecule has 0 radical (unpaired) electrons. The van der Waals surface area contributed by atoms with Crippen molar-refractivity contribution >= 4 is 23.2 Å². The molecule has 1 N–H and O–H groups in total. The smallest absolute Gasteiger partial charge is 0.0439 e. The second-order valence-corrected chi connectivity index (χ2v) is 6.78. The van der Waals surface area contributed by atoms with E-state index in [0.717, 1.165) is 35.0 Å². The molecular formula is C15H23Cl2N. The summed E-state index contributed by atoms with van der Waals surface area (Å²) in [5.74, 6) is 0. The van der Waals surface area contributed by atoms with Gasteiger partial charge in [-0.3, -0.25) is 0 Å². The van der Waals surface area contributed by atoms with Gasteiger partial charge in [0.2, 0.25) is 0 Å². The molecule has 0 unspecified atom stereocenters. The maximum atomic E-state index is 6.21. The normalized spacial score (nSPS) is 12.2. The van der Waals surface area contributed by atoms with Gasteiger partial charge in [0, 0.05) is 16.1 Å². The first-order valence-electron chi connectivity index (χ1n) is 6.47. The molecule has 0 fully saturated rings. The quantitative estimate of drug-likeness (QED) is 0.781. The predicted octanol–water partition coefficient (Wildman–Crippen LogP) is 4.95. The molecule has 0 saturated carbocycles. The molecule has 18 heavy (non-hydrogen) atoms. The number of rotatable bonds is 6. The predicted molar refractivity (Wildman–Crippen MR) is 81.7 cm³/mol. The number of halogens is 2. The van der Waals surface area contributed by atoms with E-state index in [0.29, 0.717) is 6.04 Å². The van der Waals surface area contributed by atoms with E-state index in [-0.39, 0.29) is 5.41 Å². The van der Waals surface area contributed by atoms with Gasteiger partial charge in [0.1, 0.15) is 0 Å². The first-order chi connectivity index (χ1) is 8.30. The van der Waals surface area contributed by atoms with Crippen LogP contribution >= 0.6 is 23.2 Å². The van der Waals surface area contributed by atoms with Crippen LogP contribution in [0.4, 0.5) is 0 Å². The fraction of sp³-hybridized carbons (Fsp3) is 0.600. The Balaban J connectivity index is 2.61. The zero-order valence-electron chi connectivity index (χ0n) is 11.7. The Morgan fingerprint density at radius 1 is 1.22 bits per heavy atom. The van der Waals surface area contributed by atoms with Gasteiger partial charge in [0.25, 0.3) is 0 Å². The van der Waals surface area contributed by atoms with Crippen molar-refractivity contribution < 1.29 is 0 Å². The SMILES string of the molecule is CC(C)NCCC(C)(C)Cc1cc(Cl)ccc1Cl. The standard InChI is InChI=1S/C15H23Cl2N/c1-11(2)18-8-7-15(3,4)10-12-9-13(16)5-6-14(12)17/h5-6,9,11,18H,7-8,10H2,1-4H3. The molecule has 0 aliphatic rings. The Hall–Kier alpha value is -0.240. The lowest BCUT2D eigenvalue weighted by Gasteiger charge is -2.26. The average molecular weight is 288 g/mol. The largest absolute Gasteiger partial charge is 0.315 e. The van der Waals surface area contributed by atoms with Crippen LogP contribution in [-0.4, -0.2) is 12.6 Å². The van der Waals surface area contributed by atoms with Crippen LogP contribution in [-0.2, 0) is 6.42 Å². The van der Waals surface area contributed by atoms with Crippen LogP contribution in [0.15, 0.2) is 18.2 Å².